The number of hydrogen-bond donors (Lipinski definition) is 2. The summed E-state index contributed by atoms with van der Waals surface area (Å²) in [6.07, 6.45) is 3.30. The van der Waals surface area contributed by atoms with Crippen LogP contribution in [0.2, 0.25) is 10.0 Å². The van der Waals surface area contributed by atoms with Crippen LogP contribution in [0.4, 0.5) is 5.69 Å². The Morgan fingerprint density at radius 2 is 1.86 bits per heavy atom. The number of rotatable bonds is 4. The molecular formula is C21H18Cl2N4O. The minimum atomic E-state index is -0.239. The van der Waals surface area contributed by atoms with Crippen molar-refractivity contribution in [1.29, 1.82) is 0 Å². The van der Waals surface area contributed by atoms with Crippen LogP contribution in [0.5, 0.6) is 0 Å². The highest BCUT2D eigenvalue weighted by atomic mass is 35.5. The molecule has 5 rings (SSSR count). The molecule has 1 fully saturated rings. The van der Waals surface area contributed by atoms with Crippen molar-refractivity contribution >= 4 is 34.8 Å². The van der Waals surface area contributed by atoms with Crippen LogP contribution < -0.4 is 10.9 Å². The van der Waals surface area contributed by atoms with Gasteiger partial charge in [-0.05, 0) is 55.5 Å². The third-order valence-corrected chi connectivity index (χ3v) is 6.17. The first kappa shape index (κ1) is 17.6. The number of nitrogens with one attached hydrogen (secondary N) is 2. The molecule has 0 radical (unpaired) electrons. The Balaban J connectivity index is 1.52. The van der Waals surface area contributed by atoms with E-state index in [1.807, 2.05) is 41.1 Å². The molecule has 2 aromatic carbocycles. The lowest BCUT2D eigenvalue weighted by molar-refractivity contribution is 0.0956. The normalized spacial score (nSPS) is 19.5. The third kappa shape index (κ3) is 2.86. The van der Waals surface area contributed by atoms with Crippen LogP contribution in [0.1, 0.15) is 52.8 Å². The molecule has 1 heterocycles. The number of hydrogen-bond acceptors (Lipinski definition) is 3. The first-order chi connectivity index (χ1) is 13.6. The van der Waals surface area contributed by atoms with Crippen LogP contribution in [0.25, 0.3) is 5.69 Å². The summed E-state index contributed by atoms with van der Waals surface area (Å²) < 4.78 is 1.84. The van der Waals surface area contributed by atoms with Gasteiger partial charge in [-0.3, -0.25) is 15.6 Å². The van der Waals surface area contributed by atoms with E-state index in [0.29, 0.717) is 27.6 Å². The van der Waals surface area contributed by atoms with Gasteiger partial charge in [-0.25, -0.2) is 4.68 Å². The molecule has 2 N–H and O–H groups in total. The molecule has 1 saturated carbocycles. The Morgan fingerprint density at radius 1 is 1.07 bits per heavy atom. The van der Waals surface area contributed by atoms with Gasteiger partial charge < -0.3 is 0 Å². The second kappa shape index (κ2) is 6.83. The minimum absolute atomic E-state index is 0.239. The predicted molar refractivity (Wildman–Crippen MR) is 110 cm³/mol. The predicted octanol–water partition coefficient (Wildman–Crippen LogP) is 5.30. The van der Waals surface area contributed by atoms with Crippen molar-refractivity contribution in [2.75, 3.05) is 5.43 Å². The molecule has 1 aromatic heterocycles. The zero-order chi connectivity index (χ0) is 19.3. The second-order valence-corrected chi connectivity index (χ2v) is 8.15. The van der Waals surface area contributed by atoms with Gasteiger partial charge in [0.25, 0.3) is 5.91 Å². The summed E-state index contributed by atoms with van der Waals surface area (Å²) in [6.45, 7) is 0. The molecule has 2 aliphatic carbocycles. The maximum atomic E-state index is 12.9. The van der Waals surface area contributed by atoms with E-state index in [4.69, 9.17) is 23.2 Å². The van der Waals surface area contributed by atoms with Crippen LogP contribution in [-0.4, -0.2) is 15.7 Å². The Hall–Kier alpha value is -2.50. The number of anilines is 1. The van der Waals surface area contributed by atoms with Crippen molar-refractivity contribution in [1.82, 2.24) is 15.2 Å². The van der Waals surface area contributed by atoms with E-state index in [1.165, 1.54) is 0 Å². The molecular weight excluding hydrogens is 395 g/mol. The van der Waals surface area contributed by atoms with Crippen LogP contribution in [0, 0.1) is 0 Å². The smallest absolute Gasteiger partial charge is 0.290 e. The first-order valence-corrected chi connectivity index (χ1v) is 10.1. The zero-order valence-corrected chi connectivity index (χ0v) is 16.5. The quantitative estimate of drug-likeness (QED) is 0.571. The van der Waals surface area contributed by atoms with Gasteiger partial charge in [0.15, 0.2) is 5.69 Å². The van der Waals surface area contributed by atoms with E-state index in [2.05, 4.69) is 16.0 Å². The average Bonchev–Trinajstić information content (AvgIpc) is 3.40. The molecule has 0 saturated heterocycles. The largest absolute Gasteiger partial charge is 0.298 e. The van der Waals surface area contributed by atoms with Crippen LogP contribution in [0.3, 0.4) is 0 Å². The van der Waals surface area contributed by atoms with Gasteiger partial charge in [0, 0.05) is 16.5 Å². The fraction of sp³-hybridized carbons (Fsp3) is 0.238. The number of fused-ring (bicyclic) bond motifs is 5. The maximum absolute atomic E-state index is 12.9. The molecule has 2 atom stereocenters. The van der Waals surface area contributed by atoms with Crippen molar-refractivity contribution in [3.8, 4) is 5.69 Å². The van der Waals surface area contributed by atoms with E-state index < -0.39 is 0 Å². The summed E-state index contributed by atoms with van der Waals surface area (Å²) in [5.74, 6) is 0.566. The third-order valence-electron chi connectivity index (χ3n) is 5.63. The Labute approximate surface area is 172 Å². The van der Waals surface area contributed by atoms with Crippen molar-refractivity contribution in [2.24, 2.45) is 0 Å². The van der Waals surface area contributed by atoms with Crippen molar-refractivity contribution < 1.29 is 4.79 Å². The second-order valence-electron chi connectivity index (χ2n) is 7.31. The molecule has 0 spiro atoms. The van der Waals surface area contributed by atoms with Gasteiger partial charge >= 0.3 is 0 Å². The van der Waals surface area contributed by atoms with Gasteiger partial charge in [0.05, 0.1) is 22.1 Å². The molecule has 28 heavy (non-hydrogen) atoms. The average molecular weight is 413 g/mol. The Kier molecular flexibility index (Phi) is 4.29. The SMILES string of the molecule is O=C(NNc1ccccc1)c1nn(-c2ccc(Cl)cc2Cl)c2c1C1CCC2C1. The van der Waals surface area contributed by atoms with E-state index in [9.17, 15) is 4.79 Å². The zero-order valence-electron chi connectivity index (χ0n) is 15.0. The first-order valence-electron chi connectivity index (χ1n) is 9.31. The highest BCUT2D eigenvalue weighted by Gasteiger charge is 2.44. The Bertz CT molecular complexity index is 1060. The van der Waals surface area contributed by atoms with E-state index in [1.54, 1.807) is 12.1 Å². The standard InChI is InChI=1S/C21H18Cl2N4O/c22-14-8-9-17(16(23)11-14)27-20-13-7-6-12(10-13)18(20)19(26-27)21(28)25-24-15-4-2-1-3-5-15/h1-5,8-9,11-13,24H,6-7,10H2,(H,25,28). The van der Waals surface area contributed by atoms with Gasteiger partial charge in [0.2, 0.25) is 0 Å². The van der Waals surface area contributed by atoms with E-state index in [-0.39, 0.29) is 5.91 Å². The van der Waals surface area contributed by atoms with Gasteiger partial charge in [-0.2, -0.15) is 5.10 Å². The maximum Gasteiger partial charge on any atom is 0.290 e. The van der Waals surface area contributed by atoms with Crippen LogP contribution in [-0.2, 0) is 0 Å². The summed E-state index contributed by atoms with van der Waals surface area (Å²) in [7, 11) is 0. The summed E-state index contributed by atoms with van der Waals surface area (Å²) in [5, 5.41) is 5.78. The number of amides is 1. The molecule has 2 aliphatic rings. The van der Waals surface area contributed by atoms with Gasteiger partial charge in [-0.15, -0.1) is 0 Å². The highest BCUT2D eigenvalue weighted by Crippen LogP contribution is 2.54. The number of nitrogens with zero attached hydrogens (tertiary/aromatic N) is 2. The molecule has 1 amide bonds. The number of carbonyl (C=O) groups excluding carboxylic acids is 1. The van der Waals surface area contributed by atoms with E-state index in [0.717, 1.165) is 41.9 Å². The lowest BCUT2D eigenvalue weighted by Crippen LogP contribution is -2.30. The molecule has 3 aromatic rings. The molecule has 142 valence electrons. The molecule has 2 bridgehead atoms. The molecule has 0 aliphatic heterocycles. The topological polar surface area (TPSA) is 59.0 Å². The molecule has 5 nitrogen and oxygen atoms in total. The fourth-order valence-electron chi connectivity index (χ4n) is 4.44. The fourth-order valence-corrected chi connectivity index (χ4v) is 4.93. The van der Waals surface area contributed by atoms with Crippen molar-refractivity contribution in [3.63, 3.8) is 0 Å². The lowest BCUT2D eigenvalue weighted by Gasteiger charge is -2.15. The summed E-state index contributed by atoms with van der Waals surface area (Å²) in [4.78, 5) is 12.9. The number of carbonyl (C=O) groups is 1. The Morgan fingerprint density at radius 3 is 2.64 bits per heavy atom. The number of halogens is 2. The number of para-hydroxylation sites is 1. The molecule has 2 unspecified atom stereocenters. The summed E-state index contributed by atoms with van der Waals surface area (Å²) in [6, 6.07) is 14.9. The van der Waals surface area contributed by atoms with Crippen molar-refractivity contribution in [3.05, 3.63) is 75.5 Å². The minimum Gasteiger partial charge on any atom is -0.298 e. The van der Waals surface area contributed by atoms with Crippen LogP contribution >= 0.6 is 23.2 Å². The highest BCUT2D eigenvalue weighted by molar-refractivity contribution is 6.35. The lowest BCUT2D eigenvalue weighted by atomic mass is 9.95. The van der Waals surface area contributed by atoms with Crippen molar-refractivity contribution in [2.45, 2.75) is 31.1 Å². The van der Waals surface area contributed by atoms with Gasteiger partial charge in [-0.1, -0.05) is 41.4 Å². The van der Waals surface area contributed by atoms with E-state index >= 15 is 0 Å². The number of hydrazine groups is 1. The van der Waals surface area contributed by atoms with Gasteiger partial charge in [0.1, 0.15) is 0 Å². The summed E-state index contributed by atoms with van der Waals surface area (Å²) >= 11 is 12.5. The summed E-state index contributed by atoms with van der Waals surface area (Å²) in [5.41, 5.74) is 9.95. The molecule has 7 heteroatoms. The monoisotopic (exact) mass is 412 g/mol. The van der Waals surface area contributed by atoms with Crippen LogP contribution in [0.15, 0.2) is 48.5 Å². The number of aromatic nitrogens is 2. The number of benzene rings is 2.